The Kier molecular flexibility index (Phi) is 1.97. The molecule has 0 aliphatic heterocycles. The van der Waals surface area contributed by atoms with E-state index in [-0.39, 0.29) is 0 Å². The summed E-state index contributed by atoms with van der Waals surface area (Å²) >= 11 is 0. The van der Waals surface area contributed by atoms with Crippen molar-refractivity contribution in [3.63, 3.8) is 0 Å². The van der Waals surface area contributed by atoms with E-state index in [0.29, 0.717) is 5.92 Å². The van der Waals surface area contributed by atoms with Crippen LogP contribution < -0.4 is 0 Å². The summed E-state index contributed by atoms with van der Waals surface area (Å²) in [6.07, 6.45) is 5.36. The van der Waals surface area contributed by atoms with Gasteiger partial charge in [0.15, 0.2) is 0 Å². The summed E-state index contributed by atoms with van der Waals surface area (Å²) in [5.41, 5.74) is 0. The molecule has 0 aromatic heterocycles. The maximum Gasteiger partial charge on any atom is 0.0202 e. The van der Waals surface area contributed by atoms with Crippen LogP contribution in [0.1, 0.15) is 25.7 Å². The molecular formula is C8H11. The van der Waals surface area contributed by atoms with Crippen LogP contribution >= 0.6 is 0 Å². The number of hydrogen-bond donors (Lipinski definition) is 0. The van der Waals surface area contributed by atoms with Crippen molar-refractivity contribution in [1.82, 2.24) is 0 Å². The quantitative estimate of drug-likeness (QED) is 0.415. The van der Waals surface area contributed by atoms with Gasteiger partial charge in [0.25, 0.3) is 0 Å². The van der Waals surface area contributed by atoms with Crippen LogP contribution in [0.3, 0.4) is 0 Å². The van der Waals surface area contributed by atoms with Gasteiger partial charge in [-0.25, -0.2) is 0 Å². The lowest BCUT2D eigenvalue weighted by Crippen LogP contribution is -1.84. The van der Waals surface area contributed by atoms with Gasteiger partial charge in [-0.3, -0.25) is 0 Å². The minimum atomic E-state index is 0.687. The van der Waals surface area contributed by atoms with E-state index in [1.54, 1.807) is 0 Å². The zero-order chi connectivity index (χ0) is 5.82. The number of rotatable bonds is 0. The van der Waals surface area contributed by atoms with E-state index >= 15 is 0 Å². The lowest BCUT2D eigenvalue weighted by Gasteiger charge is -1.92. The van der Waals surface area contributed by atoms with E-state index in [0.717, 1.165) is 0 Å². The fourth-order valence-corrected chi connectivity index (χ4v) is 1.21. The van der Waals surface area contributed by atoms with Crippen molar-refractivity contribution in [1.29, 1.82) is 0 Å². The Morgan fingerprint density at radius 3 is 2.38 bits per heavy atom. The highest BCUT2D eigenvalue weighted by Gasteiger charge is 2.10. The molecular weight excluding hydrogens is 96.1 g/mol. The standard InChI is InChI=1S/C8H11/c1-2-5-8-6-3-4-7-8/h8H,1,3-4,6-7H2. The van der Waals surface area contributed by atoms with Crippen LogP contribution in [0.25, 0.3) is 0 Å². The van der Waals surface area contributed by atoms with Crippen LogP contribution in [0.15, 0.2) is 0 Å². The molecule has 0 heteroatoms. The molecule has 0 saturated heterocycles. The van der Waals surface area contributed by atoms with E-state index in [9.17, 15) is 0 Å². The zero-order valence-electron chi connectivity index (χ0n) is 5.11. The van der Waals surface area contributed by atoms with Crippen LogP contribution in [-0.2, 0) is 0 Å². The molecule has 1 fully saturated rings. The topological polar surface area (TPSA) is 0 Å². The van der Waals surface area contributed by atoms with Crippen molar-refractivity contribution >= 4 is 0 Å². The lowest BCUT2D eigenvalue weighted by molar-refractivity contribution is 0.712. The molecule has 0 aromatic rings. The average molecular weight is 107 g/mol. The third-order valence-electron chi connectivity index (χ3n) is 1.66. The van der Waals surface area contributed by atoms with Gasteiger partial charge in [0.1, 0.15) is 0 Å². The molecule has 0 unspecified atom stereocenters. The summed E-state index contributed by atoms with van der Waals surface area (Å²) in [6, 6.07) is 0. The highest BCUT2D eigenvalue weighted by atomic mass is 14.1. The molecule has 43 valence electrons. The summed E-state index contributed by atoms with van der Waals surface area (Å²) in [4.78, 5) is 0. The minimum Gasteiger partial charge on any atom is -0.102 e. The molecule has 0 heterocycles. The summed E-state index contributed by atoms with van der Waals surface area (Å²) in [7, 11) is 0. The van der Waals surface area contributed by atoms with Gasteiger partial charge in [0, 0.05) is 12.8 Å². The molecule has 1 saturated carbocycles. The molecule has 0 bridgehead atoms. The monoisotopic (exact) mass is 107 g/mol. The second-order valence-electron chi connectivity index (χ2n) is 2.30. The Bertz CT molecular complexity index is 108. The van der Waals surface area contributed by atoms with Gasteiger partial charge >= 0.3 is 0 Å². The summed E-state index contributed by atoms with van der Waals surface area (Å²) < 4.78 is 0. The SMILES string of the molecule is [CH2]C#CC1CCCC1. The van der Waals surface area contributed by atoms with Gasteiger partial charge in [-0.2, -0.15) is 0 Å². The van der Waals surface area contributed by atoms with E-state index < -0.39 is 0 Å². The van der Waals surface area contributed by atoms with Crippen LogP contribution in [0.4, 0.5) is 0 Å². The summed E-state index contributed by atoms with van der Waals surface area (Å²) in [5, 5.41) is 0. The fourth-order valence-electron chi connectivity index (χ4n) is 1.21. The summed E-state index contributed by atoms with van der Waals surface area (Å²) in [5.74, 6) is 6.48. The van der Waals surface area contributed by atoms with Gasteiger partial charge in [-0.05, 0) is 12.8 Å². The van der Waals surface area contributed by atoms with Crippen molar-refractivity contribution in [3.8, 4) is 11.8 Å². The van der Waals surface area contributed by atoms with Gasteiger partial charge in [-0.15, -0.1) is 5.92 Å². The van der Waals surface area contributed by atoms with Crippen LogP contribution in [-0.4, -0.2) is 0 Å². The first-order valence-corrected chi connectivity index (χ1v) is 3.21. The van der Waals surface area contributed by atoms with Crippen molar-refractivity contribution in [2.45, 2.75) is 25.7 Å². The molecule has 1 aliphatic carbocycles. The molecule has 1 radical (unpaired) electrons. The maximum absolute atomic E-state index is 3.49. The molecule has 1 aliphatic rings. The molecule has 0 amide bonds. The predicted molar refractivity (Wildman–Crippen MR) is 35.1 cm³/mol. The van der Waals surface area contributed by atoms with Crippen molar-refractivity contribution in [2.24, 2.45) is 5.92 Å². The highest BCUT2D eigenvalue weighted by Crippen LogP contribution is 2.23. The molecule has 0 spiro atoms. The zero-order valence-corrected chi connectivity index (χ0v) is 5.11. The number of hydrogen-bond acceptors (Lipinski definition) is 0. The second kappa shape index (κ2) is 2.77. The Labute approximate surface area is 51.3 Å². The van der Waals surface area contributed by atoms with Crippen LogP contribution in [0.2, 0.25) is 0 Å². The maximum atomic E-state index is 3.49. The fraction of sp³-hybridized carbons (Fsp3) is 0.625. The van der Waals surface area contributed by atoms with E-state index in [2.05, 4.69) is 18.8 Å². The first kappa shape index (κ1) is 5.69. The van der Waals surface area contributed by atoms with Crippen LogP contribution in [0.5, 0.6) is 0 Å². The largest absolute Gasteiger partial charge is 0.102 e. The van der Waals surface area contributed by atoms with Gasteiger partial charge in [0.2, 0.25) is 0 Å². The lowest BCUT2D eigenvalue weighted by atomic mass is 10.1. The molecule has 1 rings (SSSR count). The predicted octanol–water partition coefficient (Wildman–Crippen LogP) is 2.01. The first-order valence-electron chi connectivity index (χ1n) is 3.21. The van der Waals surface area contributed by atoms with Gasteiger partial charge < -0.3 is 0 Å². The van der Waals surface area contributed by atoms with E-state index in [4.69, 9.17) is 0 Å². The van der Waals surface area contributed by atoms with Crippen molar-refractivity contribution < 1.29 is 0 Å². The second-order valence-corrected chi connectivity index (χ2v) is 2.30. The van der Waals surface area contributed by atoms with Crippen LogP contribution in [0, 0.1) is 24.7 Å². The Hall–Kier alpha value is -0.440. The average Bonchev–Trinajstić information content (AvgIpc) is 2.19. The normalized spacial score (nSPS) is 20.1. The molecule has 8 heavy (non-hydrogen) atoms. The Balaban J connectivity index is 2.32. The minimum absolute atomic E-state index is 0.687. The summed E-state index contributed by atoms with van der Waals surface area (Å²) in [6.45, 7) is 3.49. The molecule has 0 nitrogen and oxygen atoms in total. The highest BCUT2D eigenvalue weighted by molar-refractivity contribution is 5.06. The van der Waals surface area contributed by atoms with E-state index in [1.807, 2.05) is 0 Å². The first-order chi connectivity index (χ1) is 3.93. The van der Waals surface area contributed by atoms with Gasteiger partial charge in [-0.1, -0.05) is 18.8 Å². The molecule has 0 N–H and O–H groups in total. The molecule has 0 aromatic carbocycles. The Morgan fingerprint density at radius 1 is 1.25 bits per heavy atom. The third-order valence-corrected chi connectivity index (χ3v) is 1.66. The third kappa shape index (κ3) is 1.26. The Morgan fingerprint density at radius 2 is 1.88 bits per heavy atom. The van der Waals surface area contributed by atoms with Crippen molar-refractivity contribution in [3.05, 3.63) is 6.92 Å². The van der Waals surface area contributed by atoms with Gasteiger partial charge in [0.05, 0.1) is 0 Å². The van der Waals surface area contributed by atoms with Crippen molar-refractivity contribution in [2.75, 3.05) is 0 Å². The molecule has 0 atom stereocenters. The van der Waals surface area contributed by atoms with E-state index in [1.165, 1.54) is 25.7 Å². The smallest absolute Gasteiger partial charge is 0.0202 e.